The molecule has 0 radical (unpaired) electrons. The van der Waals surface area contributed by atoms with E-state index in [-0.39, 0.29) is 0 Å². The summed E-state index contributed by atoms with van der Waals surface area (Å²) in [5.74, 6) is 5.22. The minimum Gasteiger partial charge on any atom is -0.489 e. The van der Waals surface area contributed by atoms with Gasteiger partial charge in [-0.05, 0) is 23.8 Å². The largest absolute Gasteiger partial charge is 0.489 e. The van der Waals surface area contributed by atoms with Crippen LogP contribution in [0.5, 0.6) is 5.75 Å². The number of carbonyl (C=O) groups is 1. The molecule has 2 aromatic carbocycles. The smallest absolute Gasteiger partial charge is 0.266 e. The molecule has 1 amide bonds. The second-order valence-electron chi connectivity index (χ2n) is 3.89. The van der Waals surface area contributed by atoms with E-state index in [4.69, 9.17) is 22.2 Å². The van der Waals surface area contributed by atoms with Gasteiger partial charge in [-0.1, -0.05) is 41.9 Å². The lowest BCUT2D eigenvalue weighted by Crippen LogP contribution is -2.30. The molecule has 4 nitrogen and oxygen atoms in total. The molecule has 0 saturated carbocycles. The number of ether oxygens (including phenoxy) is 1. The van der Waals surface area contributed by atoms with Crippen LogP contribution in [0.4, 0.5) is 0 Å². The van der Waals surface area contributed by atoms with E-state index in [0.29, 0.717) is 22.9 Å². The Morgan fingerprint density at radius 2 is 1.95 bits per heavy atom. The second-order valence-corrected chi connectivity index (χ2v) is 4.30. The maximum atomic E-state index is 11.4. The Bertz CT molecular complexity index is 573. The summed E-state index contributed by atoms with van der Waals surface area (Å²) in [6.45, 7) is 0.444. The number of rotatable bonds is 4. The Kier molecular flexibility index (Phi) is 4.39. The Labute approximate surface area is 116 Å². The Morgan fingerprint density at radius 1 is 1.21 bits per heavy atom. The van der Waals surface area contributed by atoms with Gasteiger partial charge in [-0.2, -0.15) is 0 Å². The third kappa shape index (κ3) is 3.47. The lowest BCUT2D eigenvalue weighted by atomic mass is 10.2. The Morgan fingerprint density at radius 3 is 2.58 bits per heavy atom. The molecular weight excluding hydrogens is 264 g/mol. The maximum absolute atomic E-state index is 11.4. The topological polar surface area (TPSA) is 64.3 Å². The van der Waals surface area contributed by atoms with Gasteiger partial charge in [-0.3, -0.25) is 10.2 Å². The summed E-state index contributed by atoms with van der Waals surface area (Å²) in [7, 11) is 0. The summed E-state index contributed by atoms with van der Waals surface area (Å²) in [5, 5.41) is 0.300. The van der Waals surface area contributed by atoms with E-state index in [1.165, 1.54) is 0 Å². The average molecular weight is 277 g/mol. The molecule has 0 unspecified atom stereocenters. The first-order valence-corrected chi connectivity index (χ1v) is 6.05. The number of nitrogens with two attached hydrogens (primary N) is 1. The van der Waals surface area contributed by atoms with Crippen molar-refractivity contribution in [2.24, 2.45) is 5.84 Å². The molecule has 0 aliphatic carbocycles. The molecule has 5 heteroatoms. The van der Waals surface area contributed by atoms with Gasteiger partial charge in [0.1, 0.15) is 12.4 Å². The van der Waals surface area contributed by atoms with Crippen LogP contribution in [0.25, 0.3) is 0 Å². The van der Waals surface area contributed by atoms with E-state index in [0.717, 1.165) is 5.56 Å². The van der Waals surface area contributed by atoms with Crippen molar-refractivity contribution in [1.29, 1.82) is 0 Å². The van der Waals surface area contributed by atoms with E-state index >= 15 is 0 Å². The number of hydrogen-bond donors (Lipinski definition) is 2. The van der Waals surface area contributed by atoms with Crippen molar-refractivity contribution in [1.82, 2.24) is 5.43 Å². The zero-order chi connectivity index (χ0) is 13.7. The minimum atomic E-state index is -0.431. The van der Waals surface area contributed by atoms with Crippen LogP contribution >= 0.6 is 11.6 Å². The van der Waals surface area contributed by atoms with Crippen molar-refractivity contribution in [2.45, 2.75) is 6.61 Å². The maximum Gasteiger partial charge on any atom is 0.266 e. The van der Waals surface area contributed by atoms with Crippen LogP contribution in [0.3, 0.4) is 0 Å². The predicted octanol–water partition coefficient (Wildman–Crippen LogP) is 2.52. The second kappa shape index (κ2) is 6.22. The lowest BCUT2D eigenvalue weighted by molar-refractivity contribution is 0.0954. The molecule has 0 atom stereocenters. The zero-order valence-electron chi connectivity index (χ0n) is 10.1. The van der Waals surface area contributed by atoms with Gasteiger partial charge in [0.2, 0.25) is 0 Å². The SMILES string of the molecule is NNC(=O)c1ccc(OCc2ccccc2)cc1Cl. The quantitative estimate of drug-likeness (QED) is 0.512. The fraction of sp³-hybridized carbons (Fsp3) is 0.0714. The van der Waals surface area contributed by atoms with E-state index in [9.17, 15) is 4.79 Å². The van der Waals surface area contributed by atoms with Crippen molar-refractivity contribution >= 4 is 17.5 Å². The van der Waals surface area contributed by atoms with Crippen molar-refractivity contribution in [3.05, 3.63) is 64.7 Å². The number of nitrogen functional groups attached to an aromatic ring is 1. The highest BCUT2D eigenvalue weighted by atomic mass is 35.5. The number of benzene rings is 2. The molecular formula is C14H13ClN2O2. The molecule has 2 aromatic rings. The highest BCUT2D eigenvalue weighted by Crippen LogP contribution is 2.23. The Balaban J connectivity index is 2.06. The number of carbonyl (C=O) groups excluding carboxylic acids is 1. The van der Waals surface area contributed by atoms with E-state index < -0.39 is 5.91 Å². The van der Waals surface area contributed by atoms with E-state index in [2.05, 4.69) is 0 Å². The van der Waals surface area contributed by atoms with Crippen LogP contribution in [0.15, 0.2) is 48.5 Å². The van der Waals surface area contributed by atoms with Gasteiger partial charge in [0.05, 0.1) is 10.6 Å². The van der Waals surface area contributed by atoms with Gasteiger partial charge < -0.3 is 4.74 Å². The van der Waals surface area contributed by atoms with Gasteiger partial charge in [0.15, 0.2) is 0 Å². The van der Waals surface area contributed by atoms with Gasteiger partial charge in [0.25, 0.3) is 5.91 Å². The molecule has 98 valence electrons. The molecule has 0 aliphatic rings. The molecule has 3 N–H and O–H groups in total. The van der Waals surface area contributed by atoms with E-state index in [1.807, 2.05) is 35.8 Å². The third-order valence-electron chi connectivity index (χ3n) is 2.56. The number of halogens is 1. The van der Waals surface area contributed by atoms with E-state index in [1.54, 1.807) is 18.2 Å². The highest BCUT2D eigenvalue weighted by molar-refractivity contribution is 6.34. The van der Waals surface area contributed by atoms with Crippen LogP contribution in [0.2, 0.25) is 5.02 Å². The number of amides is 1. The first-order chi connectivity index (χ1) is 9.20. The molecule has 19 heavy (non-hydrogen) atoms. The first kappa shape index (κ1) is 13.4. The molecule has 2 rings (SSSR count). The van der Waals surface area contributed by atoms with Crippen molar-refractivity contribution in [2.75, 3.05) is 0 Å². The molecule has 0 saturated heterocycles. The van der Waals surface area contributed by atoms with Crippen molar-refractivity contribution < 1.29 is 9.53 Å². The van der Waals surface area contributed by atoms with Crippen LogP contribution in [0, 0.1) is 0 Å². The standard InChI is InChI=1S/C14H13ClN2O2/c15-13-8-11(6-7-12(13)14(18)17-16)19-9-10-4-2-1-3-5-10/h1-8H,9,16H2,(H,17,18). The summed E-state index contributed by atoms with van der Waals surface area (Å²) >= 11 is 5.99. The number of nitrogens with one attached hydrogen (secondary N) is 1. The Hall–Kier alpha value is -2.04. The average Bonchev–Trinajstić information content (AvgIpc) is 2.45. The highest BCUT2D eigenvalue weighted by Gasteiger charge is 2.09. The van der Waals surface area contributed by atoms with Crippen LogP contribution < -0.4 is 16.0 Å². The third-order valence-corrected chi connectivity index (χ3v) is 2.88. The molecule has 0 aromatic heterocycles. The molecule has 0 heterocycles. The zero-order valence-corrected chi connectivity index (χ0v) is 10.9. The van der Waals surface area contributed by atoms with Crippen LogP contribution in [-0.2, 0) is 6.61 Å². The van der Waals surface area contributed by atoms with Crippen molar-refractivity contribution in [3.63, 3.8) is 0 Å². The summed E-state index contributed by atoms with van der Waals surface area (Å²) < 4.78 is 5.59. The van der Waals surface area contributed by atoms with Gasteiger partial charge in [-0.15, -0.1) is 0 Å². The normalized spacial score (nSPS) is 10.0. The summed E-state index contributed by atoms with van der Waals surface area (Å²) in [6, 6.07) is 14.6. The number of hydrogen-bond acceptors (Lipinski definition) is 3. The van der Waals surface area contributed by atoms with Gasteiger partial charge in [0, 0.05) is 0 Å². The molecule has 0 bridgehead atoms. The fourth-order valence-electron chi connectivity index (χ4n) is 1.59. The lowest BCUT2D eigenvalue weighted by Gasteiger charge is -2.08. The summed E-state index contributed by atoms with van der Waals surface area (Å²) in [4.78, 5) is 11.4. The molecule has 0 fully saturated rings. The first-order valence-electron chi connectivity index (χ1n) is 5.68. The monoisotopic (exact) mass is 276 g/mol. The summed E-state index contributed by atoms with van der Waals surface area (Å²) in [6.07, 6.45) is 0. The minimum absolute atomic E-state index is 0.300. The predicted molar refractivity (Wildman–Crippen MR) is 73.9 cm³/mol. The van der Waals surface area contributed by atoms with Gasteiger partial charge in [-0.25, -0.2) is 5.84 Å². The van der Waals surface area contributed by atoms with Crippen LogP contribution in [0.1, 0.15) is 15.9 Å². The summed E-state index contributed by atoms with van der Waals surface area (Å²) in [5.41, 5.74) is 3.41. The molecule has 0 aliphatic heterocycles. The van der Waals surface area contributed by atoms with Gasteiger partial charge >= 0.3 is 0 Å². The fourth-order valence-corrected chi connectivity index (χ4v) is 1.84. The van der Waals surface area contributed by atoms with Crippen molar-refractivity contribution in [3.8, 4) is 5.75 Å². The van der Waals surface area contributed by atoms with Crippen LogP contribution in [-0.4, -0.2) is 5.91 Å². The molecule has 0 spiro atoms. The number of hydrazine groups is 1.